The highest BCUT2D eigenvalue weighted by atomic mass is 16.2. The van der Waals surface area contributed by atoms with E-state index in [0.29, 0.717) is 17.7 Å². The van der Waals surface area contributed by atoms with E-state index in [0.717, 1.165) is 70.3 Å². The number of piperidine rings is 1. The third-order valence-electron chi connectivity index (χ3n) is 6.73. The molecule has 3 fully saturated rings. The van der Waals surface area contributed by atoms with Crippen molar-refractivity contribution in [3.8, 4) is 0 Å². The van der Waals surface area contributed by atoms with Crippen LogP contribution < -0.4 is 5.32 Å². The predicted molar refractivity (Wildman–Crippen MR) is 115 cm³/mol. The summed E-state index contributed by atoms with van der Waals surface area (Å²) in [6.07, 6.45) is 9.07. The van der Waals surface area contributed by atoms with Crippen molar-refractivity contribution in [3.63, 3.8) is 0 Å². The molecule has 158 valence electrons. The standard InChI is InChI=1S/C24H35N3O2/c28-23(25-12-3-15-26-13-1-2-14-26)21-6-4-19(5-7-21)18-20-10-16-27(17-11-20)24(29)22-8-9-22/h4-7,20,22H,1-3,8-18H2,(H,25,28). The molecule has 5 heteroatoms. The third-order valence-corrected chi connectivity index (χ3v) is 6.73. The Morgan fingerprint density at radius 3 is 2.28 bits per heavy atom. The summed E-state index contributed by atoms with van der Waals surface area (Å²) in [7, 11) is 0. The van der Waals surface area contributed by atoms with Gasteiger partial charge in [-0.2, -0.15) is 0 Å². The van der Waals surface area contributed by atoms with Crippen molar-refractivity contribution in [2.75, 3.05) is 39.3 Å². The Balaban J connectivity index is 1.16. The van der Waals surface area contributed by atoms with Crippen LogP contribution in [0.4, 0.5) is 0 Å². The average Bonchev–Trinajstić information content (AvgIpc) is 3.47. The van der Waals surface area contributed by atoms with Gasteiger partial charge in [0.15, 0.2) is 0 Å². The van der Waals surface area contributed by atoms with Gasteiger partial charge in [0.1, 0.15) is 0 Å². The number of rotatable bonds is 8. The van der Waals surface area contributed by atoms with E-state index < -0.39 is 0 Å². The summed E-state index contributed by atoms with van der Waals surface area (Å²) in [5, 5.41) is 3.05. The highest BCUT2D eigenvalue weighted by Gasteiger charge is 2.34. The number of amides is 2. The van der Waals surface area contributed by atoms with Crippen LogP contribution >= 0.6 is 0 Å². The second-order valence-electron chi connectivity index (χ2n) is 9.10. The molecule has 29 heavy (non-hydrogen) atoms. The Morgan fingerprint density at radius 2 is 1.62 bits per heavy atom. The monoisotopic (exact) mass is 397 g/mol. The van der Waals surface area contributed by atoms with Crippen LogP contribution in [-0.2, 0) is 11.2 Å². The molecule has 3 aliphatic rings. The highest BCUT2D eigenvalue weighted by Crippen LogP contribution is 2.32. The first-order valence-corrected chi connectivity index (χ1v) is 11.6. The fraction of sp³-hybridized carbons (Fsp3) is 0.667. The summed E-state index contributed by atoms with van der Waals surface area (Å²) in [5.74, 6) is 1.40. The quantitative estimate of drug-likeness (QED) is 0.686. The summed E-state index contributed by atoms with van der Waals surface area (Å²) in [6.45, 7) is 6.09. The molecule has 0 bridgehead atoms. The van der Waals surface area contributed by atoms with Crippen LogP contribution in [0.3, 0.4) is 0 Å². The van der Waals surface area contributed by atoms with Crippen molar-refractivity contribution in [2.45, 2.75) is 51.4 Å². The van der Waals surface area contributed by atoms with Crippen molar-refractivity contribution in [1.29, 1.82) is 0 Å². The number of likely N-dealkylation sites (tertiary alicyclic amines) is 2. The van der Waals surface area contributed by atoms with Gasteiger partial charge in [0.2, 0.25) is 5.91 Å². The lowest BCUT2D eigenvalue weighted by molar-refractivity contribution is -0.133. The minimum Gasteiger partial charge on any atom is -0.352 e. The Hall–Kier alpha value is -1.88. The fourth-order valence-corrected chi connectivity index (χ4v) is 4.68. The first-order valence-electron chi connectivity index (χ1n) is 11.6. The van der Waals surface area contributed by atoms with Gasteiger partial charge in [0, 0.05) is 31.1 Å². The van der Waals surface area contributed by atoms with Crippen LogP contribution in [0.5, 0.6) is 0 Å². The van der Waals surface area contributed by atoms with Crippen molar-refractivity contribution >= 4 is 11.8 Å². The molecule has 1 aromatic rings. The van der Waals surface area contributed by atoms with Gasteiger partial charge in [-0.15, -0.1) is 0 Å². The second-order valence-corrected chi connectivity index (χ2v) is 9.10. The van der Waals surface area contributed by atoms with Gasteiger partial charge in [-0.3, -0.25) is 9.59 Å². The van der Waals surface area contributed by atoms with E-state index in [2.05, 4.69) is 27.2 Å². The summed E-state index contributed by atoms with van der Waals surface area (Å²) >= 11 is 0. The zero-order valence-electron chi connectivity index (χ0n) is 17.6. The molecule has 0 aromatic heterocycles. The number of nitrogens with one attached hydrogen (secondary N) is 1. The molecule has 0 radical (unpaired) electrons. The van der Waals surface area contributed by atoms with Crippen molar-refractivity contribution in [3.05, 3.63) is 35.4 Å². The molecule has 1 aliphatic carbocycles. The van der Waals surface area contributed by atoms with Crippen molar-refractivity contribution in [2.24, 2.45) is 11.8 Å². The molecule has 0 spiro atoms. The average molecular weight is 398 g/mol. The van der Waals surface area contributed by atoms with Crippen LogP contribution in [0.2, 0.25) is 0 Å². The van der Waals surface area contributed by atoms with Crippen LogP contribution in [0.15, 0.2) is 24.3 Å². The van der Waals surface area contributed by atoms with E-state index in [1.807, 2.05) is 12.1 Å². The topological polar surface area (TPSA) is 52.7 Å². The Kier molecular flexibility index (Phi) is 6.86. The Bertz CT molecular complexity index is 685. The zero-order chi connectivity index (χ0) is 20.1. The Labute approximate surface area is 174 Å². The van der Waals surface area contributed by atoms with Gasteiger partial charge in [-0.25, -0.2) is 0 Å². The van der Waals surface area contributed by atoms with E-state index in [9.17, 15) is 9.59 Å². The lowest BCUT2D eigenvalue weighted by Crippen LogP contribution is -2.39. The lowest BCUT2D eigenvalue weighted by Gasteiger charge is -2.32. The fourth-order valence-electron chi connectivity index (χ4n) is 4.68. The van der Waals surface area contributed by atoms with Crippen molar-refractivity contribution < 1.29 is 9.59 Å². The minimum atomic E-state index is 0.0323. The Morgan fingerprint density at radius 1 is 0.931 bits per heavy atom. The first-order chi connectivity index (χ1) is 14.2. The maximum atomic E-state index is 12.3. The van der Waals surface area contributed by atoms with E-state index >= 15 is 0 Å². The van der Waals surface area contributed by atoms with E-state index in [-0.39, 0.29) is 5.91 Å². The molecular weight excluding hydrogens is 362 g/mol. The number of hydrogen-bond acceptors (Lipinski definition) is 3. The lowest BCUT2D eigenvalue weighted by atomic mass is 9.89. The molecule has 4 rings (SSSR count). The minimum absolute atomic E-state index is 0.0323. The van der Waals surface area contributed by atoms with E-state index in [1.54, 1.807) is 0 Å². The maximum Gasteiger partial charge on any atom is 0.251 e. The van der Waals surface area contributed by atoms with E-state index in [1.165, 1.54) is 31.5 Å². The predicted octanol–water partition coefficient (Wildman–Crippen LogP) is 3.09. The highest BCUT2D eigenvalue weighted by molar-refractivity contribution is 5.94. The molecule has 2 aliphatic heterocycles. The summed E-state index contributed by atoms with van der Waals surface area (Å²) in [6, 6.07) is 8.11. The van der Waals surface area contributed by atoms with Crippen LogP contribution in [0, 0.1) is 11.8 Å². The SMILES string of the molecule is O=C(NCCCN1CCCC1)c1ccc(CC2CCN(C(=O)C3CC3)CC2)cc1. The smallest absolute Gasteiger partial charge is 0.251 e. The molecule has 2 amide bonds. The number of hydrogen-bond donors (Lipinski definition) is 1. The number of carbonyl (C=O) groups is 2. The second kappa shape index (κ2) is 9.75. The molecule has 0 atom stereocenters. The van der Waals surface area contributed by atoms with E-state index in [4.69, 9.17) is 0 Å². The first kappa shape index (κ1) is 20.4. The maximum absolute atomic E-state index is 12.3. The molecular formula is C24H35N3O2. The summed E-state index contributed by atoms with van der Waals surface area (Å²) < 4.78 is 0. The number of nitrogens with zero attached hydrogens (tertiary/aromatic N) is 2. The summed E-state index contributed by atoms with van der Waals surface area (Å²) in [5.41, 5.74) is 2.04. The van der Waals surface area contributed by atoms with Crippen LogP contribution in [0.25, 0.3) is 0 Å². The molecule has 2 saturated heterocycles. The van der Waals surface area contributed by atoms with Gasteiger partial charge in [0.25, 0.3) is 5.91 Å². The molecule has 1 N–H and O–H groups in total. The van der Waals surface area contributed by atoms with Gasteiger partial charge in [0.05, 0.1) is 0 Å². The van der Waals surface area contributed by atoms with Gasteiger partial charge in [-0.1, -0.05) is 12.1 Å². The largest absolute Gasteiger partial charge is 0.352 e. The number of carbonyl (C=O) groups excluding carboxylic acids is 2. The normalized spacial score (nSPS) is 20.8. The van der Waals surface area contributed by atoms with Gasteiger partial charge in [-0.05, 0) is 94.6 Å². The molecule has 2 heterocycles. The number of benzene rings is 1. The third kappa shape index (κ3) is 5.81. The van der Waals surface area contributed by atoms with Gasteiger partial charge < -0.3 is 15.1 Å². The molecule has 1 aromatic carbocycles. The molecule has 1 saturated carbocycles. The summed E-state index contributed by atoms with van der Waals surface area (Å²) in [4.78, 5) is 29.1. The van der Waals surface area contributed by atoms with Crippen LogP contribution in [-0.4, -0.2) is 60.9 Å². The molecule has 5 nitrogen and oxygen atoms in total. The van der Waals surface area contributed by atoms with Crippen molar-refractivity contribution in [1.82, 2.24) is 15.1 Å². The van der Waals surface area contributed by atoms with Crippen LogP contribution in [0.1, 0.15) is 60.9 Å². The van der Waals surface area contributed by atoms with Gasteiger partial charge >= 0.3 is 0 Å². The zero-order valence-corrected chi connectivity index (χ0v) is 17.6. The molecule has 0 unspecified atom stereocenters.